The minimum atomic E-state index is -4.94. The van der Waals surface area contributed by atoms with Gasteiger partial charge in [0.25, 0.3) is 0 Å². The Balaban J connectivity index is 0.000000377. The predicted octanol–water partition coefficient (Wildman–Crippen LogP) is 1.94. The van der Waals surface area contributed by atoms with Crippen LogP contribution < -0.4 is 18.6 Å². The minimum Gasteiger partial charge on any atom is -0.222 e. The Hall–Kier alpha value is -3.06. The molecule has 0 aliphatic heterocycles. The van der Waals surface area contributed by atoms with E-state index in [1.165, 1.54) is 33.6 Å². The first-order chi connectivity index (χ1) is 15.9. The summed E-state index contributed by atoms with van der Waals surface area (Å²) in [6, 6.07) is 33.1. The van der Waals surface area contributed by atoms with Gasteiger partial charge in [-0.1, -0.05) is 66.7 Å². The van der Waals surface area contributed by atoms with Crippen LogP contribution in [-0.4, -0.2) is 0 Å². The average molecular weight is 459 g/mol. The molecule has 0 amide bonds. The molecule has 0 spiro atoms. The normalized spacial score (nSPS) is 23.2. The fourth-order valence-corrected chi connectivity index (χ4v) is 5.78. The van der Waals surface area contributed by atoms with Gasteiger partial charge in [-0.15, -0.1) is 10.2 Å². The van der Waals surface area contributed by atoms with E-state index in [4.69, 9.17) is 23.1 Å². The Morgan fingerprint density at radius 1 is 0.515 bits per heavy atom. The van der Waals surface area contributed by atoms with Gasteiger partial charge in [-0.05, 0) is 40.5 Å². The van der Waals surface area contributed by atoms with Crippen LogP contribution in [-0.2, 0) is 0 Å². The lowest BCUT2D eigenvalue weighted by atomic mass is 9.83. The molecular formula is C27H19ClO5. The Kier molecular flexibility index (Phi) is 4.66. The summed E-state index contributed by atoms with van der Waals surface area (Å²) < 4.78 is 40.6. The second-order valence-corrected chi connectivity index (χ2v) is 9.39. The van der Waals surface area contributed by atoms with Gasteiger partial charge in [0, 0.05) is 23.8 Å². The van der Waals surface area contributed by atoms with Crippen LogP contribution in [0.5, 0.6) is 0 Å². The molecule has 0 radical (unpaired) electrons. The van der Waals surface area contributed by atoms with Gasteiger partial charge in [0.2, 0.25) is 0 Å². The number of rotatable bonds is 1. The number of benzene rings is 3. The zero-order valence-electron chi connectivity index (χ0n) is 17.4. The van der Waals surface area contributed by atoms with Gasteiger partial charge in [0.15, 0.2) is 0 Å². The van der Waals surface area contributed by atoms with Crippen molar-refractivity contribution in [3.05, 3.63) is 125 Å². The molecule has 1 heterocycles. The third-order valence-corrected chi connectivity index (χ3v) is 6.94. The number of hydrogen-bond acceptors (Lipinski definition) is 4. The van der Waals surface area contributed by atoms with Crippen LogP contribution in [0.3, 0.4) is 0 Å². The Bertz CT molecular complexity index is 1290. The molecule has 1 fully saturated rings. The largest absolute Gasteiger partial charge is 0.360 e. The zero-order valence-corrected chi connectivity index (χ0v) is 18.1. The van der Waals surface area contributed by atoms with Crippen molar-refractivity contribution in [2.45, 2.75) is 23.7 Å². The van der Waals surface area contributed by atoms with Crippen molar-refractivity contribution in [3.8, 4) is 11.3 Å². The summed E-state index contributed by atoms with van der Waals surface area (Å²) in [5.74, 6) is 3.98. The zero-order chi connectivity index (χ0) is 22.7. The van der Waals surface area contributed by atoms with Gasteiger partial charge in [-0.25, -0.2) is 23.1 Å². The highest BCUT2D eigenvalue weighted by molar-refractivity contribution is 5.66. The van der Waals surface area contributed by atoms with Crippen molar-refractivity contribution < 1.29 is 33.3 Å². The Morgan fingerprint density at radius 2 is 1.00 bits per heavy atom. The molecule has 4 aromatic rings. The molecule has 4 bridgehead atoms. The van der Waals surface area contributed by atoms with Crippen LogP contribution in [0.1, 0.15) is 57.2 Å². The summed E-state index contributed by atoms with van der Waals surface area (Å²) in [4.78, 5) is 0. The summed E-state index contributed by atoms with van der Waals surface area (Å²) in [5, 5.41) is 0. The van der Waals surface area contributed by atoms with Crippen molar-refractivity contribution in [1.29, 1.82) is 0 Å². The quantitative estimate of drug-likeness (QED) is 0.405. The van der Waals surface area contributed by atoms with Gasteiger partial charge in [0.05, 0.1) is 17.0 Å². The molecule has 6 heteroatoms. The van der Waals surface area contributed by atoms with Crippen LogP contribution in [0, 0.1) is 10.2 Å². The second-order valence-electron chi connectivity index (χ2n) is 8.63. The lowest BCUT2D eigenvalue weighted by molar-refractivity contribution is -2.00. The van der Waals surface area contributed by atoms with E-state index < -0.39 is 10.2 Å². The van der Waals surface area contributed by atoms with E-state index in [-0.39, 0.29) is 5.92 Å². The molecule has 164 valence electrons. The summed E-state index contributed by atoms with van der Waals surface area (Å²) >= 11 is 0. The highest BCUT2D eigenvalue weighted by Gasteiger charge is 2.64. The van der Waals surface area contributed by atoms with E-state index in [0.717, 1.165) is 11.3 Å². The molecule has 1 aromatic heterocycles. The Morgan fingerprint density at radius 3 is 1.55 bits per heavy atom. The fraction of sp³-hybridized carbons (Fsp3) is 0.148. The number of hydrogen-bond donors (Lipinski definition) is 0. The highest BCUT2D eigenvalue weighted by Crippen LogP contribution is 2.73. The lowest BCUT2D eigenvalue weighted by Gasteiger charge is -2.18. The maximum atomic E-state index is 8.49. The van der Waals surface area contributed by atoms with Crippen LogP contribution in [0.15, 0.2) is 95.4 Å². The maximum Gasteiger partial charge on any atom is 0.360 e. The topological polar surface area (TPSA) is 104 Å². The van der Waals surface area contributed by atoms with Crippen molar-refractivity contribution in [1.82, 2.24) is 0 Å². The second kappa shape index (κ2) is 7.48. The SMILES string of the molecule is [O-][Cl+3]([O-])([O-])[O-].c1ccc(-c2ccc3c([o+]2)C2C4c5ccccc5C3c3ccccc3C42)cc1. The third kappa shape index (κ3) is 3.46. The van der Waals surface area contributed by atoms with Crippen molar-refractivity contribution in [3.63, 3.8) is 0 Å². The van der Waals surface area contributed by atoms with E-state index >= 15 is 0 Å². The summed E-state index contributed by atoms with van der Waals surface area (Å²) in [7, 11) is -4.94. The van der Waals surface area contributed by atoms with E-state index in [0.29, 0.717) is 17.8 Å². The lowest BCUT2D eigenvalue weighted by Crippen LogP contribution is -2.68. The average Bonchev–Trinajstić information content (AvgIpc) is 3.58. The van der Waals surface area contributed by atoms with Gasteiger partial charge < -0.3 is 0 Å². The molecule has 0 saturated heterocycles. The molecular weight excluding hydrogens is 440 g/mol. The minimum absolute atomic E-state index is 0.274. The fourth-order valence-electron chi connectivity index (χ4n) is 5.78. The van der Waals surface area contributed by atoms with Crippen LogP contribution >= 0.6 is 0 Å². The molecule has 2 unspecified atom stereocenters. The molecule has 8 rings (SSSR count). The van der Waals surface area contributed by atoms with E-state index in [1.54, 1.807) is 0 Å². The van der Waals surface area contributed by atoms with Gasteiger partial charge >= 0.3 is 11.5 Å². The smallest absolute Gasteiger partial charge is 0.222 e. The molecule has 5 nitrogen and oxygen atoms in total. The Labute approximate surface area is 192 Å². The first kappa shape index (κ1) is 20.5. The first-order valence-electron chi connectivity index (χ1n) is 10.7. The van der Waals surface area contributed by atoms with Crippen LogP contribution in [0.2, 0.25) is 0 Å². The first-order valence-corrected chi connectivity index (χ1v) is 12.0. The van der Waals surface area contributed by atoms with Crippen molar-refractivity contribution in [2.75, 3.05) is 0 Å². The van der Waals surface area contributed by atoms with Crippen LogP contribution in [0.25, 0.3) is 11.3 Å². The third-order valence-electron chi connectivity index (χ3n) is 6.94. The van der Waals surface area contributed by atoms with Gasteiger partial charge in [-0.2, -0.15) is 0 Å². The van der Waals surface area contributed by atoms with Crippen LogP contribution in [0.4, 0.5) is 0 Å². The summed E-state index contributed by atoms with van der Waals surface area (Å²) in [6.45, 7) is 0. The molecule has 4 aliphatic rings. The van der Waals surface area contributed by atoms with E-state index in [2.05, 4.69) is 91.0 Å². The standard InChI is InChI=1S/C27H19O.ClHO4/c1-2-8-16(9-3-1)22-15-14-21-23-17-10-4-6-12-19(17)24-25(26(24)27(21)28-22)20-13-7-5-11-18(20)23;2-1(3,4)5/h1-15,23-26H;(H,2,3,4,5)/q+1;/p-1. The van der Waals surface area contributed by atoms with Crippen molar-refractivity contribution in [2.24, 2.45) is 0 Å². The number of halogens is 1. The molecule has 33 heavy (non-hydrogen) atoms. The highest BCUT2D eigenvalue weighted by atomic mass is 35.7. The van der Waals surface area contributed by atoms with Gasteiger partial charge in [0.1, 0.15) is 0 Å². The van der Waals surface area contributed by atoms with E-state index in [9.17, 15) is 0 Å². The van der Waals surface area contributed by atoms with Gasteiger partial charge in [-0.3, -0.25) is 0 Å². The predicted molar refractivity (Wildman–Crippen MR) is 111 cm³/mol. The van der Waals surface area contributed by atoms with Crippen molar-refractivity contribution >= 4 is 0 Å². The summed E-state index contributed by atoms with van der Waals surface area (Å²) in [6.07, 6.45) is 0. The molecule has 4 aliphatic carbocycles. The monoisotopic (exact) mass is 458 g/mol. The molecule has 0 N–H and O–H groups in total. The summed E-state index contributed by atoms with van der Waals surface area (Å²) in [5.41, 5.74) is 8.47. The molecule has 3 aromatic carbocycles. The molecule has 2 atom stereocenters. The van der Waals surface area contributed by atoms with E-state index in [1.807, 2.05) is 0 Å². The molecule has 1 saturated carbocycles. The maximum absolute atomic E-state index is 8.49.